The minimum atomic E-state index is -0.517. The first-order valence-electron chi connectivity index (χ1n) is 6.20. The van der Waals surface area contributed by atoms with Crippen molar-refractivity contribution in [2.24, 2.45) is 11.7 Å². The number of hydrogen-bond donors (Lipinski definition) is 2. The van der Waals surface area contributed by atoms with Gasteiger partial charge in [-0.2, -0.15) is 0 Å². The van der Waals surface area contributed by atoms with Crippen LogP contribution in [0.3, 0.4) is 0 Å². The Morgan fingerprint density at radius 1 is 1.78 bits per heavy atom. The quantitative estimate of drug-likeness (QED) is 0.763. The standard InChI is InChI=1S/C12H19N3O2S/c1-14-12(10(13)16)5-2-3-9(12)4-8-18-11-15-6-7-17-11/h6-7,9,14H,2-5,8H2,1H3,(H2,13,16). The zero-order valence-electron chi connectivity index (χ0n) is 10.5. The summed E-state index contributed by atoms with van der Waals surface area (Å²) in [4.78, 5) is 15.7. The van der Waals surface area contributed by atoms with Crippen LogP contribution in [-0.2, 0) is 4.79 Å². The third-order valence-corrected chi connectivity index (χ3v) is 4.70. The minimum absolute atomic E-state index is 0.228. The normalized spacial score (nSPS) is 27.5. The molecule has 100 valence electrons. The SMILES string of the molecule is CNC1(C(N)=O)CCCC1CCSc1ncco1. The van der Waals surface area contributed by atoms with Gasteiger partial charge >= 0.3 is 0 Å². The Morgan fingerprint density at radius 3 is 3.22 bits per heavy atom. The fourth-order valence-corrected chi connectivity index (χ4v) is 3.65. The maximum absolute atomic E-state index is 11.7. The van der Waals surface area contributed by atoms with Crippen LogP contribution in [0, 0.1) is 5.92 Å². The van der Waals surface area contributed by atoms with E-state index < -0.39 is 5.54 Å². The van der Waals surface area contributed by atoms with Crippen LogP contribution in [0.25, 0.3) is 0 Å². The lowest BCUT2D eigenvalue weighted by Gasteiger charge is -2.32. The van der Waals surface area contributed by atoms with Gasteiger partial charge in [0, 0.05) is 5.75 Å². The molecule has 3 N–H and O–H groups in total. The molecule has 1 aromatic rings. The Kier molecular flexibility index (Phi) is 4.29. The molecule has 1 heterocycles. The lowest BCUT2D eigenvalue weighted by molar-refractivity contribution is -0.125. The van der Waals surface area contributed by atoms with Crippen molar-refractivity contribution in [3.63, 3.8) is 0 Å². The maximum atomic E-state index is 11.7. The van der Waals surface area contributed by atoms with Crippen molar-refractivity contribution >= 4 is 17.7 Å². The molecule has 0 aromatic carbocycles. The molecule has 0 saturated heterocycles. The van der Waals surface area contributed by atoms with Crippen LogP contribution in [0.5, 0.6) is 0 Å². The van der Waals surface area contributed by atoms with Gasteiger partial charge in [0.2, 0.25) is 5.91 Å². The highest BCUT2D eigenvalue weighted by Crippen LogP contribution is 2.38. The van der Waals surface area contributed by atoms with Gasteiger partial charge in [0.1, 0.15) is 11.8 Å². The number of nitrogens with one attached hydrogen (secondary N) is 1. The second-order valence-electron chi connectivity index (χ2n) is 4.61. The number of aromatic nitrogens is 1. The lowest BCUT2D eigenvalue weighted by Crippen LogP contribution is -2.56. The summed E-state index contributed by atoms with van der Waals surface area (Å²) in [6.45, 7) is 0. The summed E-state index contributed by atoms with van der Waals surface area (Å²) in [7, 11) is 1.82. The first-order chi connectivity index (χ1) is 8.69. The molecule has 1 aromatic heterocycles. The summed E-state index contributed by atoms with van der Waals surface area (Å²) in [5, 5.41) is 3.83. The molecule has 0 spiro atoms. The first kappa shape index (κ1) is 13.4. The van der Waals surface area contributed by atoms with E-state index >= 15 is 0 Å². The highest BCUT2D eigenvalue weighted by atomic mass is 32.2. The average molecular weight is 269 g/mol. The molecule has 0 aliphatic heterocycles. The number of nitrogens with two attached hydrogens (primary N) is 1. The molecule has 6 heteroatoms. The zero-order valence-corrected chi connectivity index (χ0v) is 11.3. The molecule has 0 radical (unpaired) electrons. The third kappa shape index (κ3) is 2.54. The molecule has 2 atom stereocenters. The number of likely N-dealkylation sites (N-methyl/N-ethyl adjacent to an activating group) is 1. The molecule has 1 aliphatic carbocycles. The van der Waals surface area contributed by atoms with E-state index in [-0.39, 0.29) is 5.91 Å². The molecular weight excluding hydrogens is 250 g/mol. The van der Waals surface area contributed by atoms with Crippen molar-refractivity contribution in [2.45, 2.75) is 36.4 Å². The molecule has 1 saturated carbocycles. The second kappa shape index (κ2) is 5.75. The fraction of sp³-hybridized carbons (Fsp3) is 0.667. The van der Waals surface area contributed by atoms with Gasteiger partial charge in [0.25, 0.3) is 5.22 Å². The van der Waals surface area contributed by atoms with Gasteiger partial charge in [-0.1, -0.05) is 18.2 Å². The molecule has 1 amide bonds. The van der Waals surface area contributed by atoms with E-state index in [1.807, 2.05) is 7.05 Å². The summed E-state index contributed by atoms with van der Waals surface area (Å²) in [6, 6.07) is 0. The van der Waals surface area contributed by atoms with Crippen molar-refractivity contribution in [3.05, 3.63) is 12.5 Å². The molecule has 1 aliphatic rings. The van der Waals surface area contributed by atoms with Gasteiger partial charge in [-0.05, 0) is 32.2 Å². The number of thioether (sulfide) groups is 1. The monoisotopic (exact) mass is 269 g/mol. The third-order valence-electron chi connectivity index (χ3n) is 3.81. The predicted molar refractivity (Wildman–Crippen MR) is 70.2 cm³/mol. The van der Waals surface area contributed by atoms with Crippen molar-refractivity contribution in [2.75, 3.05) is 12.8 Å². The van der Waals surface area contributed by atoms with Crippen LogP contribution in [0.4, 0.5) is 0 Å². The molecule has 18 heavy (non-hydrogen) atoms. The smallest absolute Gasteiger partial charge is 0.255 e. The average Bonchev–Trinajstić information content (AvgIpc) is 2.98. The number of nitrogens with zero attached hydrogens (tertiary/aromatic N) is 1. The maximum Gasteiger partial charge on any atom is 0.255 e. The van der Waals surface area contributed by atoms with Gasteiger partial charge < -0.3 is 15.5 Å². The molecule has 0 bridgehead atoms. The van der Waals surface area contributed by atoms with E-state index in [1.165, 1.54) is 0 Å². The fourth-order valence-electron chi connectivity index (χ4n) is 2.82. The summed E-state index contributed by atoms with van der Waals surface area (Å²) in [5.74, 6) is 0.970. The number of rotatable bonds is 6. The van der Waals surface area contributed by atoms with Gasteiger partial charge in [0.05, 0.1) is 6.20 Å². The van der Waals surface area contributed by atoms with E-state index in [9.17, 15) is 4.79 Å². The minimum Gasteiger partial charge on any atom is -0.440 e. The summed E-state index contributed by atoms with van der Waals surface area (Å²) in [5.41, 5.74) is 5.04. The van der Waals surface area contributed by atoms with Crippen LogP contribution in [-0.4, -0.2) is 29.2 Å². The Morgan fingerprint density at radius 2 is 2.61 bits per heavy atom. The predicted octanol–water partition coefficient (Wildman–Crippen LogP) is 1.40. The Hall–Kier alpha value is -1.01. The van der Waals surface area contributed by atoms with Crippen molar-refractivity contribution < 1.29 is 9.21 Å². The molecule has 5 nitrogen and oxygen atoms in total. The summed E-state index contributed by atoms with van der Waals surface area (Å²) in [6.07, 6.45) is 7.09. The number of oxazole rings is 1. The summed E-state index contributed by atoms with van der Waals surface area (Å²) < 4.78 is 5.17. The van der Waals surface area contributed by atoms with Crippen LogP contribution >= 0.6 is 11.8 Å². The zero-order chi connectivity index (χ0) is 13.0. The highest BCUT2D eigenvalue weighted by Gasteiger charge is 2.45. The number of carbonyl (C=O) groups excluding carboxylic acids is 1. The number of carbonyl (C=O) groups is 1. The van der Waals surface area contributed by atoms with E-state index in [1.54, 1.807) is 24.2 Å². The molecule has 2 unspecified atom stereocenters. The number of primary amides is 1. The largest absolute Gasteiger partial charge is 0.440 e. The lowest BCUT2D eigenvalue weighted by atomic mass is 9.84. The topological polar surface area (TPSA) is 81.1 Å². The number of hydrogen-bond acceptors (Lipinski definition) is 5. The van der Waals surface area contributed by atoms with Gasteiger partial charge in [-0.3, -0.25) is 4.79 Å². The first-order valence-corrected chi connectivity index (χ1v) is 7.18. The van der Waals surface area contributed by atoms with Gasteiger partial charge in [-0.15, -0.1) is 0 Å². The molecular formula is C12H19N3O2S. The van der Waals surface area contributed by atoms with Crippen LogP contribution in [0.1, 0.15) is 25.7 Å². The Balaban J connectivity index is 1.89. The highest BCUT2D eigenvalue weighted by molar-refractivity contribution is 7.99. The van der Waals surface area contributed by atoms with Crippen LogP contribution < -0.4 is 11.1 Å². The van der Waals surface area contributed by atoms with Crippen molar-refractivity contribution in [1.82, 2.24) is 10.3 Å². The van der Waals surface area contributed by atoms with E-state index in [4.69, 9.17) is 10.2 Å². The van der Waals surface area contributed by atoms with Crippen LogP contribution in [0.15, 0.2) is 22.1 Å². The Bertz CT molecular complexity index is 396. The number of amides is 1. The Labute approximate surface area is 111 Å². The van der Waals surface area contributed by atoms with E-state index in [0.717, 1.165) is 31.4 Å². The second-order valence-corrected chi connectivity index (χ2v) is 5.66. The van der Waals surface area contributed by atoms with E-state index in [0.29, 0.717) is 11.1 Å². The van der Waals surface area contributed by atoms with Crippen molar-refractivity contribution in [1.29, 1.82) is 0 Å². The van der Waals surface area contributed by atoms with Crippen LogP contribution in [0.2, 0.25) is 0 Å². The summed E-state index contributed by atoms with van der Waals surface area (Å²) >= 11 is 1.58. The van der Waals surface area contributed by atoms with E-state index in [2.05, 4.69) is 10.3 Å². The van der Waals surface area contributed by atoms with Crippen molar-refractivity contribution in [3.8, 4) is 0 Å². The molecule has 1 fully saturated rings. The molecule has 2 rings (SSSR count). The van der Waals surface area contributed by atoms with Gasteiger partial charge in [-0.25, -0.2) is 4.98 Å². The van der Waals surface area contributed by atoms with Gasteiger partial charge in [0.15, 0.2) is 0 Å².